The van der Waals surface area contributed by atoms with Gasteiger partial charge in [-0.1, -0.05) is 36.4 Å². The number of carbonyl (C=O) groups excluding carboxylic acids is 2. The van der Waals surface area contributed by atoms with Gasteiger partial charge in [-0.05, 0) is 41.7 Å². The minimum Gasteiger partial charge on any atom is -0.353 e. The fourth-order valence-corrected chi connectivity index (χ4v) is 3.76. The molecule has 136 valence electrons. The Bertz CT molecular complexity index is 816. The molecule has 0 radical (unpaired) electrons. The lowest BCUT2D eigenvalue weighted by Gasteiger charge is -2.35. The van der Waals surface area contributed by atoms with Crippen LogP contribution in [0.25, 0.3) is 10.8 Å². The lowest BCUT2D eigenvalue weighted by molar-refractivity contribution is -0.134. The molecule has 1 aliphatic heterocycles. The van der Waals surface area contributed by atoms with E-state index in [-0.39, 0.29) is 18.2 Å². The molecule has 0 unspecified atom stereocenters. The third-order valence-electron chi connectivity index (χ3n) is 5.49. The first-order valence-corrected chi connectivity index (χ1v) is 9.48. The van der Waals surface area contributed by atoms with Gasteiger partial charge in [-0.25, -0.2) is 0 Å². The normalized spacial score (nSPS) is 21.2. The zero-order chi connectivity index (χ0) is 17.9. The molecule has 0 spiro atoms. The summed E-state index contributed by atoms with van der Waals surface area (Å²) in [7, 11) is 0. The van der Waals surface area contributed by atoms with E-state index in [1.165, 1.54) is 22.8 Å². The Kier molecular flexibility index (Phi) is 4.89. The summed E-state index contributed by atoms with van der Waals surface area (Å²) in [6, 6.07) is 14.6. The van der Waals surface area contributed by atoms with Crippen molar-refractivity contribution in [2.45, 2.75) is 44.3 Å². The zero-order valence-corrected chi connectivity index (χ0v) is 14.9. The predicted molar refractivity (Wildman–Crippen MR) is 102 cm³/mol. The van der Waals surface area contributed by atoms with Crippen molar-refractivity contribution in [3.8, 4) is 0 Å². The molecule has 1 heterocycles. The van der Waals surface area contributed by atoms with E-state index in [1.54, 1.807) is 0 Å². The van der Waals surface area contributed by atoms with Gasteiger partial charge >= 0.3 is 0 Å². The minimum atomic E-state index is -0.393. The highest BCUT2D eigenvalue weighted by atomic mass is 16.2. The highest BCUT2D eigenvalue weighted by Gasteiger charge is 2.32. The van der Waals surface area contributed by atoms with E-state index in [2.05, 4.69) is 45.9 Å². The van der Waals surface area contributed by atoms with Gasteiger partial charge in [-0.2, -0.15) is 0 Å². The maximum Gasteiger partial charge on any atom is 0.237 e. The first-order valence-electron chi connectivity index (χ1n) is 9.48. The molecule has 26 heavy (non-hydrogen) atoms. The Hall–Kier alpha value is -2.40. The summed E-state index contributed by atoms with van der Waals surface area (Å²) < 4.78 is 0. The van der Waals surface area contributed by atoms with E-state index in [0.29, 0.717) is 19.1 Å². The molecule has 2 aliphatic rings. The summed E-state index contributed by atoms with van der Waals surface area (Å²) in [4.78, 5) is 26.8. The van der Waals surface area contributed by atoms with Crippen LogP contribution in [0.3, 0.4) is 0 Å². The van der Waals surface area contributed by atoms with E-state index >= 15 is 0 Å². The smallest absolute Gasteiger partial charge is 0.237 e. The van der Waals surface area contributed by atoms with E-state index in [0.717, 1.165) is 19.4 Å². The summed E-state index contributed by atoms with van der Waals surface area (Å²) in [5, 5.41) is 8.36. The zero-order valence-electron chi connectivity index (χ0n) is 14.9. The summed E-state index contributed by atoms with van der Waals surface area (Å²) in [6.07, 6.45) is 3.53. The molecule has 2 aromatic carbocycles. The molecule has 1 aliphatic carbocycles. The van der Waals surface area contributed by atoms with Crippen LogP contribution in [-0.4, -0.2) is 41.9 Å². The quantitative estimate of drug-likeness (QED) is 0.868. The fraction of sp³-hybridized carbons (Fsp3) is 0.429. The largest absolute Gasteiger partial charge is 0.353 e. The third-order valence-corrected chi connectivity index (χ3v) is 5.49. The average Bonchev–Trinajstić information content (AvgIpc) is 2.61. The second-order valence-electron chi connectivity index (χ2n) is 7.36. The molecule has 2 fully saturated rings. The first kappa shape index (κ1) is 17.0. The number of hydrogen-bond donors (Lipinski definition) is 2. The highest BCUT2D eigenvalue weighted by Crippen LogP contribution is 2.21. The maximum absolute atomic E-state index is 12.4. The van der Waals surface area contributed by atoms with Crippen molar-refractivity contribution >= 4 is 22.6 Å². The Morgan fingerprint density at radius 2 is 1.96 bits per heavy atom. The van der Waals surface area contributed by atoms with Crippen molar-refractivity contribution in [2.24, 2.45) is 0 Å². The number of benzene rings is 2. The summed E-state index contributed by atoms with van der Waals surface area (Å²) >= 11 is 0. The molecule has 5 heteroatoms. The van der Waals surface area contributed by atoms with Gasteiger partial charge in [0.25, 0.3) is 0 Å². The Labute approximate surface area is 153 Å². The van der Waals surface area contributed by atoms with Crippen molar-refractivity contribution < 1.29 is 9.59 Å². The molecule has 1 saturated heterocycles. The molecule has 4 rings (SSSR count). The van der Waals surface area contributed by atoms with E-state index < -0.39 is 6.04 Å². The van der Waals surface area contributed by atoms with Gasteiger partial charge in [0.2, 0.25) is 11.8 Å². The molecule has 2 aromatic rings. The summed E-state index contributed by atoms with van der Waals surface area (Å²) in [6.45, 7) is 2.08. The van der Waals surface area contributed by atoms with Gasteiger partial charge in [0.15, 0.2) is 0 Å². The van der Waals surface area contributed by atoms with Crippen molar-refractivity contribution in [1.82, 2.24) is 15.5 Å². The molecule has 0 bridgehead atoms. The fourth-order valence-electron chi connectivity index (χ4n) is 3.76. The van der Waals surface area contributed by atoms with Crippen molar-refractivity contribution in [2.75, 3.05) is 13.1 Å². The SMILES string of the molecule is O=C(C[C@@H]1C(=O)NCCN1Cc1ccc2ccccc2c1)NC1CCC1. The van der Waals surface area contributed by atoms with Crippen molar-refractivity contribution in [3.63, 3.8) is 0 Å². The predicted octanol–water partition coefficient (Wildman–Crippen LogP) is 2.20. The van der Waals surface area contributed by atoms with E-state index in [9.17, 15) is 9.59 Å². The maximum atomic E-state index is 12.4. The van der Waals surface area contributed by atoms with Crippen LogP contribution in [0.5, 0.6) is 0 Å². The second-order valence-corrected chi connectivity index (χ2v) is 7.36. The Balaban J connectivity index is 1.46. The van der Waals surface area contributed by atoms with Crippen molar-refractivity contribution in [1.29, 1.82) is 0 Å². The average molecular weight is 351 g/mol. The van der Waals surface area contributed by atoms with Gasteiger partial charge in [0, 0.05) is 25.7 Å². The second kappa shape index (κ2) is 7.46. The van der Waals surface area contributed by atoms with Gasteiger partial charge in [0.05, 0.1) is 12.5 Å². The van der Waals surface area contributed by atoms with Crippen LogP contribution < -0.4 is 10.6 Å². The van der Waals surface area contributed by atoms with Crippen LogP contribution in [0.4, 0.5) is 0 Å². The Morgan fingerprint density at radius 1 is 1.15 bits per heavy atom. The van der Waals surface area contributed by atoms with Gasteiger partial charge in [0.1, 0.15) is 0 Å². The molecule has 5 nitrogen and oxygen atoms in total. The first-order chi connectivity index (χ1) is 12.7. The molecular formula is C21H25N3O2. The number of amides is 2. The molecular weight excluding hydrogens is 326 g/mol. The van der Waals surface area contributed by atoms with Crippen LogP contribution in [0.1, 0.15) is 31.2 Å². The molecule has 1 atom stereocenters. The van der Waals surface area contributed by atoms with Crippen LogP contribution in [0.15, 0.2) is 42.5 Å². The van der Waals surface area contributed by atoms with E-state index in [4.69, 9.17) is 0 Å². The topological polar surface area (TPSA) is 61.4 Å². The molecule has 2 N–H and O–H groups in total. The molecule has 0 aromatic heterocycles. The van der Waals surface area contributed by atoms with Crippen molar-refractivity contribution in [3.05, 3.63) is 48.0 Å². The number of piperazine rings is 1. The Morgan fingerprint density at radius 3 is 2.73 bits per heavy atom. The third kappa shape index (κ3) is 3.73. The number of nitrogens with one attached hydrogen (secondary N) is 2. The van der Waals surface area contributed by atoms with Crippen LogP contribution in [-0.2, 0) is 16.1 Å². The monoisotopic (exact) mass is 351 g/mol. The van der Waals surface area contributed by atoms with Crippen LogP contribution in [0.2, 0.25) is 0 Å². The molecule has 2 amide bonds. The summed E-state index contributed by atoms with van der Waals surface area (Å²) in [5.41, 5.74) is 1.17. The number of nitrogens with zero attached hydrogens (tertiary/aromatic N) is 1. The number of hydrogen-bond acceptors (Lipinski definition) is 3. The van der Waals surface area contributed by atoms with Crippen LogP contribution in [0, 0.1) is 0 Å². The lowest BCUT2D eigenvalue weighted by atomic mass is 9.93. The number of fused-ring (bicyclic) bond motifs is 1. The highest BCUT2D eigenvalue weighted by molar-refractivity contribution is 5.89. The summed E-state index contributed by atoms with van der Waals surface area (Å²) in [5.74, 6) is -0.0546. The van der Waals surface area contributed by atoms with Gasteiger partial charge in [-0.3, -0.25) is 14.5 Å². The lowest BCUT2D eigenvalue weighted by Crippen LogP contribution is -2.56. The number of carbonyl (C=O) groups is 2. The van der Waals surface area contributed by atoms with E-state index in [1.807, 2.05) is 12.1 Å². The van der Waals surface area contributed by atoms with Gasteiger partial charge in [-0.15, -0.1) is 0 Å². The molecule has 1 saturated carbocycles. The van der Waals surface area contributed by atoms with Crippen LogP contribution >= 0.6 is 0 Å². The standard InChI is InChI=1S/C21H25N3O2/c25-20(23-18-6-3-7-18)13-19-21(26)22-10-11-24(19)14-15-8-9-16-4-1-2-5-17(16)12-15/h1-2,4-5,8-9,12,18-19H,3,6-7,10-11,13-14H2,(H,22,26)(H,23,25)/t19-/m1/s1. The van der Waals surface area contributed by atoms with Gasteiger partial charge < -0.3 is 10.6 Å². The minimum absolute atomic E-state index is 0.0136. The number of rotatable bonds is 5.